The number of pyridine rings is 1. The van der Waals surface area contributed by atoms with Gasteiger partial charge < -0.3 is 4.90 Å². The third-order valence-electron chi connectivity index (χ3n) is 6.14. The number of carbonyl (C=O) groups excluding carboxylic acids is 1. The molecule has 0 spiro atoms. The van der Waals surface area contributed by atoms with Crippen LogP contribution in [0.3, 0.4) is 0 Å². The Hall–Kier alpha value is -4.55. The number of benzene rings is 1. The lowest BCUT2D eigenvalue weighted by molar-refractivity contribution is -0.123. The van der Waals surface area contributed by atoms with E-state index in [0.29, 0.717) is 28.0 Å². The lowest BCUT2D eigenvalue weighted by Crippen LogP contribution is -2.35. The number of likely N-dealkylation sites (tertiary alicyclic amines) is 1. The van der Waals surface area contributed by atoms with E-state index in [2.05, 4.69) is 17.6 Å². The molecule has 5 rings (SSSR count). The van der Waals surface area contributed by atoms with Crippen molar-refractivity contribution in [1.82, 2.24) is 24.2 Å². The molecule has 1 amide bonds. The number of aromatic nitrogens is 4. The van der Waals surface area contributed by atoms with Crippen LogP contribution in [0.2, 0.25) is 0 Å². The van der Waals surface area contributed by atoms with Crippen LogP contribution in [0.25, 0.3) is 28.6 Å². The van der Waals surface area contributed by atoms with Gasteiger partial charge in [0, 0.05) is 49.4 Å². The van der Waals surface area contributed by atoms with Crippen molar-refractivity contribution in [2.24, 2.45) is 0 Å². The first-order valence-corrected chi connectivity index (χ1v) is 12.7. The molecule has 0 N–H and O–H groups in total. The number of hydrogen-bond donors (Lipinski definition) is 0. The number of carbonyl (C=O) groups is 1. The molecule has 37 heavy (non-hydrogen) atoms. The van der Waals surface area contributed by atoms with E-state index >= 15 is 0 Å². The van der Waals surface area contributed by atoms with Gasteiger partial charge in [-0.1, -0.05) is 24.3 Å². The largest absolute Gasteiger partial charge is 0.338 e. The molecule has 0 saturated carbocycles. The second-order valence-corrected chi connectivity index (χ2v) is 9.59. The number of para-hydroxylation sites is 1. The Morgan fingerprint density at radius 3 is 2.62 bits per heavy atom. The van der Waals surface area contributed by atoms with Crippen molar-refractivity contribution in [2.45, 2.75) is 19.4 Å². The number of amides is 1. The van der Waals surface area contributed by atoms with Crippen molar-refractivity contribution in [3.63, 3.8) is 0 Å². The van der Waals surface area contributed by atoms with Gasteiger partial charge in [-0.25, -0.2) is 4.68 Å². The third kappa shape index (κ3) is 4.79. The average molecular weight is 509 g/mol. The van der Waals surface area contributed by atoms with Gasteiger partial charge in [0.1, 0.15) is 16.4 Å². The van der Waals surface area contributed by atoms with Crippen LogP contribution in [0.4, 0.5) is 0 Å². The molecular weight excluding hydrogens is 484 g/mol. The zero-order chi connectivity index (χ0) is 25.8. The average Bonchev–Trinajstić information content (AvgIpc) is 3.68. The van der Waals surface area contributed by atoms with Gasteiger partial charge in [-0.15, -0.1) is 17.9 Å². The summed E-state index contributed by atoms with van der Waals surface area (Å²) in [6.07, 6.45) is 10.5. The Bertz CT molecular complexity index is 1670. The molecule has 0 unspecified atom stereocenters. The van der Waals surface area contributed by atoms with Crippen LogP contribution < -0.4 is 14.8 Å². The van der Waals surface area contributed by atoms with E-state index < -0.39 is 0 Å². The number of nitriles is 1. The molecule has 1 saturated heterocycles. The highest BCUT2D eigenvalue weighted by Gasteiger charge is 2.24. The van der Waals surface area contributed by atoms with Gasteiger partial charge in [-0.3, -0.25) is 19.1 Å². The van der Waals surface area contributed by atoms with Crippen LogP contribution in [0.5, 0.6) is 0 Å². The molecule has 8 nitrogen and oxygen atoms in total. The minimum Gasteiger partial charge on any atom is -0.338 e. The molecule has 1 aliphatic rings. The number of rotatable bonds is 6. The van der Waals surface area contributed by atoms with Crippen LogP contribution in [0.1, 0.15) is 18.4 Å². The summed E-state index contributed by atoms with van der Waals surface area (Å²) in [5.41, 5.74) is 2.76. The second kappa shape index (κ2) is 10.6. The van der Waals surface area contributed by atoms with E-state index in [-0.39, 0.29) is 23.6 Å². The van der Waals surface area contributed by atoms with Crippen molar-refractivity contribution in [2.75, 3.05) is 13.1 Å². The molecule has 0 aliphatic carbocycles. The van der Waals surface area contributed by atoms with Crippen LogP contribution in [-0.2, 0) is 11.3 Å². The first kappa shape index (κ1) is 24.2. The monoisotopic (exact) mass is 508 g/mol. The first-order valence-electron chi connectivity index (χ1n) is 11.9. The predicted molar refractivity (Wildman–Crippen MR) is 143 cm³/mol. The lowest BCUT2D eigenvalue weighted by atomic mass is 10.1. The molecule has 1 fully saturated rings. The summed E-state index contributed by atoms with van der Waals surface area (Å²) >= 11 is 1.14. The summed E-state index contributed by atoms with van der Waals surface area (Å²) in [7, 11) is 0. The van der Waals surface area contributed by atoms with E-state index in [4.69, 9.17) is 5.10 Å². The quantitative estimate of drug-likeness (QED) is 0.373. The van der Waals surface area contributed by atoms with Crippen molar-refractivity contribution < 1.29 is 4.79 Å². The Balaban J connectivity index is 1.73. The van der Waals surface area contributed by atoms with Crippen molar-refractivity contribution in [1.29, 1.82) is 5.26 Å². The molecule has 0 bridgehead atoms. The van der Waals surface area contributed by atoms with Crippen LogP contribution in [-0.4, -0.2) is 43.2 Å². The summed E-state index contributed by atoms with van der Waals surface area (Å²) in [6, 6.07) is 15.5. The first-order chi connectivity index (χ1) is 18.1. The molecule has 9 heteroatoms. The maximum Gasteiger partial charge on any atom is 0.269 e. The molecule has 3 aromatic heterocycles. The summed E-state index contributed by atoms with van der Waals surface area (Å²) in [6.45, 7) is 5.18. The highest BCUT2D eigenvalue weighted by molar-refractivity contribution is 7.07. The minimum atomic E-state index is -0.335. The fourth-order valence-corrected chi connectivity index (χ4v) is 5.43. The number of hydrogen-bond acceptors (Lipinski definition) is 6. The molecule has 0 radical (unpaired) electrons. The SMILES string of the molecule is C=CCn1c(=C(C#N)C(=O)N2CCCC2)sc(=Cc2cn(-c3ccccc3)nc2-c2cccnc2)c1=O. The van der Waals surface area contributed by atoms with Crippen molar-refractivity contribution in [3.8, 4) is 23.0 Å². The van der Waals surface area contributed by atoms with Gasteiger partial charge in [-0.2, -0.15) is 10.4 Å². The number of thiazole rings is 1. The topological polar surface area (TPSA) is 96.8 Å². The molecule has 0 atom stereocenters. The molecular formula is C28H24N6O2S. The minimum absolute atomic E-state index is 0.0158. The van der Waals surface area contributed by atoms with Gasteiger partial charge in [0.2, 0.25) is 0 Å². The molecule has 1 aliphatic heterocycles. The van der Waals surface area contributed by atoms with Gasteiger partial charge >= 0.3 is 0 Å². The van der Waals surface area contributed by atoms with Gasteiger partial charge in [0.05, 0.1) is 10.2 Å². The summed E-state index contributed by atoms with van der Waals surface area (Å²) in [5.74, 6) is -0.335. The van der Waals surface area contributed by atoms with Gasteiger partial charge in [0.25, 0.3) is 11.5 Å². The zero-order valence-corrected chi connectivity index (χ0v) is 20.9. The summed E-state index contributed by atoms with van der Waals surface area (Å²) in [5, 5.41) is 14.7. The van der Waals surface area contributed by atoms with Crippen molar-refractivity contribution in [3.05, 3.63) is 98.8 Å². The van der Waals surface area contributed by atoms with Gasteiger partial charge in [-0.05, 0) is 43.2 Å². The molecule has 4 heterocycles. The molecule has 184 valence electrons. The maximum atomic E-state index is 13.5. The van der Waals surface area contributed by atoms with Crippen molar-refractivity contribution >= 4 is 28.9 Å². The zero-order valence-electron chi connectivity index (χ0n) is 20.1. The van der Waals surface area contributed by atoms with E-state index in [1.165, 1.54) is 4.57 Å². The second-order valence-electron chi connectivity index (χ2n) is 8.56. The third-order valence-corrected chi connectivity index (χ3v) is 7.27. The molecule has 4 aromatic rings. The summed E-state index contributed by atoms with van der Waals surface area (Å²) < 4.78 is 3.95. The van der Waals surface area contributed by atoms with Crippen LogP contribution >= 0.6 is 11.3 Å². The maximum absolute atomic E-state index is 13.5. The normalized spacial score (nSPS) is 14.5. The smallest absolute Gasteiger partial charge is 0.269 e. The Labute approximate surface area is 217 Å². The fraction of sp³-hybridized carbons (Fsp3) is 0.179. The Kier molecular flexibility index (Phi) is 6.92. The standard InChI is InChI=1S/C28H24N6O2S/c1-2-13-33-27(36)24(37-28(33)23(17-29)26(35)32-14-6-7-15-32)16-21-19-34(22-10-4-3-5-11-22)31-25(21)20-9-8-12-30-18-20/h2-5,8-12,16,18-19H,1,6-7,13-15H2. The molecule has 1 aromatic carbocycles. The lowest BCUT2D eigenvalue weighted by Gasteiger charge is -2.13. The van der Waals surface area contributed by atoms with E-state index in [9.17, 15) is 14.9 Å². The van der Waals surface area contributed by atoms with Gasteiger partial charge in [0.15, 0.2) is 5.57 Å². The van der Waals surface area contributed by atoms with E-state index in [1.54, 1.807) is 34.1 Å². The van der Waals surface area contributed by atoms with E-state index in [1.807, 2.05) is 48.7 Å². The van der Waals surface area contributed by atoms with Crippen LogP contribution in [0.15, 0.2) is 78.5 Å². The number of allylic oxidation sites excluding steroid dienone is 1. The van der Waals surface area contributed by atoms with Crippen LogP contribution in [0, 0.1) is 11.3 Å². The Morgan fingerprint density at radius 1 is 1.16 bits per heavy atom. The Morgan fingerprint density at radius 2 is 1.95 bits per heavy atom. The fourth-order valence-electron chi connectivity index (χ4n) is 4.34. The predicted octanol–water partition coefficient (Wildman–Crippen LogP) is 2.47. The number of nitrogens with zero attached hydrogens (tertiary/aromatic N) is 6. The highest BCUT2D eigenvalue weighted by atomic mass is 32.1. The highest BCUT2D eigenvalue weighted by Crippen LogP contribution is 2.23. The summed E-state index contributed by atoms with van der Waals surface area (Å²) in [4.78, 5) is 32.5. The van der Waals surface area contributed by atoms with E-state index in [0.717, 1.165) is 41.0 Å².